The molecule has 0 aliphatic carbocycles. The molecule has 9 heteroatoms. The van der Waals surface area contributed by atoms with E-state index in [0.717, 1.165) is 11.1 Å². The number of methoxy groups -OCH3 is 1. The van der Waals surface area contributed by atoms with E-state index in [2.05, 4.69) is 15.1 Å². The first-order valence-corrected chi connectivity index (χ1v) is 11.2. The van der Waals surface area contributed by atoms with Crippen LogP contribution in [0.4, 0.5) is 0 Å². The summed E-state index contributed by atoms with van der Waals surface area (Å²) < 4.78 is 19.0. The van der Waals surface area contributed by atoms with Crippen LogP contribution in [0.2, 0.25) is 0 Å². The van der Waals surface area contributed by atoms with Gasteiger partial charge in [0.15, 0.2) is 17.2 Å². The average Bonchev–Trinajstić information content (AvgIpc) is 3.37. The van der Waals surface area contributed by atoms with Crippen LogP contribution in [0.25, 0.3) is 28.0 Å². The summed E-state index contributed by atoms with van der Waals surface area (Å²) in [6.45, 7) is 0. The number of nitrogens with zero attached hydrogens (tertiary/aromatic N) is 5. The third-order valence-corrected chi connectivity index (χ3v) is 6.33. The zero-order valence-electron chi connectivity index (χ0n) is 19.0. The van der Waals surface area contributed by atoms with Crippen LogP contribution >= 0.6 is 0 Å². The zero-order chi connectivity index (χ0) is 24.2. The summed E-state index contributed by atoms with van der Waals surface area (Å²) in [6.07, 6.45) is 4.95. The predicted octanol–water partition coefficient (Wildman–Crippen LogP) is 4.59. The van der Waals surface area contributed by atoms with Crippen LogP contribution in [-0.2, 0) is 0 Å². The summed E-state index contributed by atoms with van der Waals surface area (Å²) >= 11 is 0. The summed E-state index contributed by atoms with van der Waals surface area (Å²) in [5.41, 5.74) is 3.10. The van der Waals surface area contributed by atoms with Crippen LogP contribution in [0, 0.1) is 0 Å². The maximum Gasteiger partial charge on any atom is 0.344 e. The summed E-state index contributed by atoms with van der Waals surface area (Å²) in [5.74, 6) is 1.42. The van der Waals surface area contributed by atoms with Gasteiger partial charge in [-0.25, -0.2) is 19.3 Å². The van der Waals surface area contributed by atoms with E-state index in [4.69, 9.17) is 18.9 Å². The van der Waals surface area contributed by atoms with Crippen molar-refractivity contribution in [3.05, 3.63) is 106 Å². The van der Waals surface area contributed by atoms with Crippen molar-refractivity contribution in [2.75, 3.05) is 7.11 Å². The molecule has 0 spiro atoms. The highest BCUT2D eigenvalue weighted by atomic mass is 16.5. The van der Waals surface area contributed by atoms with E-state index in [1.165, 1.54) is 0 Å². The Morgan fingerprint density at radius 3 is 2.67 bits per heavy atom. The Morgan fingerprint density at radius 2 is 1.86 bits per heavy atom. The first kappa shape index (κ1) is 20.3. The highest BCUT2D eigenvalue weighted by Crippen LogP contribution is 2.48. The molecule has 0 N–H and O–H groups in total. The lowest BCUT2D eigenvalue weighted by Gasteiger charge is -2.27. The second kappa shape index (κ2) is 7.74. The largest absolute Gasteiger partial charge is 0.497 e. The van der Waals surface area contributed by atoms with Crippen molar-refractivity contribution < 1.29 is 13.9 Å². The Balaban J connectivity index is 1.54. The molecular weight excluding hydrogens is 458 g/mol. The lowest BCUT2D eigenvalue weighted by atomic mass is 9.84. The number of aromatic nitrogens is 5. The average molecular weight is 475 g/mol. The van der Waals surface area contributed by atoms with E-state index in [0.29, 0.717) is 50.9 Å². The van der Waals surface area contributed by atoms with Crippen molar-refractivity contribution in [3.63, 3.8) is 0 Å². The van der Waals surface area contributed by atoms with Gasteiger partial charge in [0.05, 0.1) is 29.5 Å². The minimum absolute atomic E-state index is 0.358. The van der Waals surface area contributed by atoms with Crippen molar-refractivity contribution >= 4 is 16.6 Å². The lowest BCUT2D eigenvalue weighted by molar-refractivity contribution is 0.414. The molecule has 0 saturated heterocycles. The molecule has 36 heavy (non-hydrogen) atoms. The number of hydrogen-bond acceptors (Lipinski definition) is 8. The van der Waals surface area contributed by atoms with E-state index >= 15 is 0 Å². The molecule has 0 radical (unpaired) electrons. The molecule has 0 saturated carbocycles. The smallest absolute Gasteiger partial charge is 0.344 e. The van der Waals surface area contributed by atoms with E-state index in [1.54, 1.807) is 36.4 Å². The van der Waals surface area contributed by atoms with Crippen LogP contribution < -0.4 is 15.1 Å². The predicted molar refractivity (Wildman–Crippen MR) is 131 cm³/mol. The highest BCUT2D eigenvalue weighted by Gasteiger charge is 2.37. The van der Waals surface area contributed by atoms with Gasteiger partial charge in [0, 0.05) is 18.0 Å². The van der Waals surface area contributed by atoms with Gasteiger partial charge < -0.3 is 13.9 Å². The number of ether oxygens (including phenoxy) is 2. The van der Waals surface area contributed by atoms with Gasteiger partial charge in [-0.3, -0.25) is 4.98 Å². The fourth-order valence-corrected chi connectivity index (χ4v) is 4.68. The summed E-state index contributed by atoms with van der Waals surface area (Å²) in [5, 5.41) is 5.29. The van der Waals surface area contributed by atoms with Crippen molar-refractivity contribution in [3.8, 4) is 28.8 Å². The highest BCUT2D eigenvalue weighted by molar-refractivity contribution is 5.87. The summed E-state index contributed by atoms with van der Waals surface area (Å²) in [4.78, 5) is 27.0. The number of hydrogen-bond donors (Lipinski definition) is 0. The fourth-order valence-electron chi connectivity index (χ4n) is 4.68. The Labute approximate surface area is 203 Å². The van der Waals surface area contributed by atoms with Gasteiger partial charge in [-0.05, 0) is 42.0 Å². The number of benzene rings is 2. The quantitative estimate of drug-likeness (QED) is 0.342. The minimum atomic E-state index is -0.558. The Kier molecular flexibility index (Phi) is 4.37. The first-order valence-electron chi connectivity index (χ1n) is 11.2. The maximum absolute atomic E-state index is 13.4. The fraction of sp³-hybridized carbons (Fsp3) is 0.0741. The first-order chi connectivity index (χ1) is 17.7. The normalized spacial score (nSPS) is 14.3. The molecule has 174 valence electrons. The number of rotatable bonds is 3. The standard InChI is InChI=1S/C27H17N5O4/c1-34-17-10-8-15(9-11-17)20-21-23(18-6-2-3-7-19(18)35-27(21)33)36-26-22(20)25-30-24(31-32(25)14-29-26)16-5-4-12-28-13-16/h2-14,20H,1H3. The van der Waals surface area contributed by atoms with E-state index in [1.807, 2.05) is 54.6 Å². The molecule has 2 aromatic carbocycles. The second-order valence-corrected chi connectivity index (χ2v) is 8.35. The van der Waals surface area contributed by atoms with Gasteiger partial charge in [-0.2, -0.15) is 0 Å². The molecule has 4 aromatic heterocycles. The van der Waals surface area contributed by atoms with Crippen LogP contribution in [0.3, 0.4) is 0 Å². The molecule has 0 amide bonds. The number of fused-ring (bicyclic) bond motifs is 6. The molecule has 1 unspecified atom stereocenters. The molecule has 1 aliphatic heterocycles. The molecule has 6 aromatic rings. The molecule has 0 bridgehead atoms. The Bertz CT molecular complexity index is 1830. The number of para-hydroxylation sites is 1. The van der Waals surface area contributed by atoms with E-state index in [9.17, 15) is 4.79 Å². The van der Waals surface area contributed by atoms with Crippen LogP contribution in [-0.4, -0.2) is 31.7 Å². The zero-order valence-corrected chi connectivity index (χ0v) is 19.0. The lowest BCUT2D eigenvalue weighted by Crippen LogP contribution is -2.22. The third-order valence-electron chi connectivity index (χ3n) is 6.33. The van der Waals surface area contributed by atoms with Crippen molar-refractivity contribution in [2.45, 2.75) is 5.92 Å². The van der Waals surface area contributed by atoms with Gasteiger partial charge in [-0.1, -0.05) is 24.3 Å². The second-order valence-electron chi connectivity index (χ2n) is 8.35. The van der Waals surface area contributed by atoms with Crippen molar-refractivity contribution in [1.29, 1.82) is 0 Å². The Hall–Kier alpha value is -5.05. The van der Waals surface area contributed by atoms with Gasteiger partial charge in [-0.15, -0.1) is 5.10 Å². The van der Waals surface area contributed by atoms with Crippen molar-refractivity contribution in [1.82, 2.24) is 24.6 Å². The molecule has 1 atom stereocenters. The van der Waals surface area contributed by atoms with Gasteiger partial charge in [0.25, 0.3) is 0 Å². The topological polar surface area (TPSA) is 105 Å². The molecule has 5 heterocycles. The van der Waals surface area contributed by atoms with Crippen LogP contribution in [0.1, 0.15) is 22.6 Å². The SMILES string of the molecule is COc1ccc(C2c3c(c4ccccc4oc3=O)Oc3ncn4nc(-c5cccnc5)nc4c32)cc1. The molecule has 0 fully saturated rings. The van der Waals surface area contributed by atoms with E-state index in [-0.39, 0.29) is 0 Å². The van der Waals surface area contributed by atoms with Crippen molar-refractivity contribution in [2.24, 2.45) is 0 Å². The van der Waals surface area contributed by atoms with Crippen LogP contribution in [0.5, 0.6) is 17.4 Å². The summed E-state index contributed by atoms with van der Waals surface area (Å²) in [6, 6.07) is 18.5. The third kappa shape index (κ3) is 2.99. The van der Waals surface area contributed by atoms with Gasteiger partial charge in [0.2, 0.25) is 5.88 Å². The minimum Gasteiger partial charge on any atom is -0.497 e. The maximum atomic E-state index is 13.4. The monoisotopic (exact) mass is 475 g/mol. The molecule has 1 aliphatic rings. The van der Waals surface area contributed by atoms with Crippen LogP contribution in [0.15, 0.2) is 88.6 Å². The number of pyridine rings is 1. The van der Waals surface area contributed by atoms with Gasteiger partial charge >= 0.3 is 5.63 Å². The van der Waals surface area contributed by atoms with E-state index < -0.39 is 11.5 Å². The summed E-state index contributed by atoms with van der Waals surface area (Å²) in [7, 11) is 1.61. The molecular formula is C27H17N5O4. The van der Waals surface area contributed by atoms with Gasteiger partial charge in [0.1, 0.15) is 17.7 Å². The molecule has 9 nitrogen and oxygen atoms in total. The molecule has 7 rings (SSSR count). The Morgan fingerprint density at radius 1 is 1.00 bits per heavy atom.